The number of aliphatic hydroxyl groups excluding tert-OH is 1. The molecule has 4 nitrogen and oxygen atoms in total. The van der Waals surface area contributed by atoms with Gasteiger partial charge in [0, 0.05) is 32.4 Å². The number of aromatic nitrogens is 2. The van der Waals surface area contributed by atoms with Gasteiger partial charge in [-0.2, -0.15) is 0 Å². The lowest BCUT2D eigenvalue weighted by Crippen LogP contribution is -2.39. The van der Waals surface area contributed by atoms with Crippen molar-refractivity contribution in [1.29, 1.82) is 0 Å². The maximum absolute atomic E-state index is 10.5. The predicted molar refractivity (Wildman–Crippen MR) is 92.2 cm³/mol. The molecule has 0 radical (unpaired) electrons. The topological polar surface area (TPSA) is 41.3 Å². The van der Waals surface area contributed by atoms with Crippen LogP contribution in [-0.4, -0.2) is 45.3 Å². The molecule has 3 rings (SSSR count). The van der Waals surface area contributed by atoms with Crippen molar-refractivity contribution in [3.8, 4) is 0 Å². The number of hydrogen-bond acceptors (Lipinski definition) is 3. The molecule has 0 bridgehead atoms. The third-order valence-electron chi connectivity index (χ3n) is 5.04. The van der Waals surface area contributed by atoms with Crippen molar-refractivity contribution in [1.82, 2.24) is 14.5 Å². The lowest BCUT2D eigenvalue weighted by Gasteiger charge is -2.34. The molecule has 1 N–H and O–H groups in total. The number of benzene rings is 1. The fourth-order valence-corrected chi connectivity index (χ4v) is 3.48. The first-order chi connectivity index (χ1) is 11.2. The number of aliphatic hydroxyl groups is 1. The molecule has 1 aliphatic heterocycles. The molecular weight excluding hydrogens is 286 g/mol. The Labute approximate surface area is 138 Å². The van der Waals surface area contributed by atoms with E-state index in [0.29, 0.717) is 5.92 Å². The van der Waals surface area contributed by atoms with Gasteiger partial charge in [0.05, 0.1) is 6.10 Å². The zero-order valence-corrected chi connectivity index (χ0v) is 13.9. The van der Waals surface area contributed by atoms with Crippen molar-refractivity contribution in [2.24, 2.45) is 13.0 Å². The second-order valence-electron chi connectivity index (χ2n) is 6.64. The van der Waals surface area contributed by atoms with Gasteiger partial charge in [0.2, 0.25) is 0 Å². The number of rotatable bonds is 6. The minimum absolute atomic E-state index is 0.214. The summed E-state index contributed by atoms with van der Waals surface area (Å²) in [4.78, 5) is 6.89. The molecule has 0 aliphatic carbocycles. The molecule has 1 aromatic carbocycles. The number of hydrogen-bond donors (Lipinski definition) is 1. The van der Waals surface area contributed by atoms with Crippen LogP contribution in [0.1, 0.15) is 24.2 Å². The summed E-state index contributed by atoms with van der Waals surface area (Å²) >= 11 is 0. The van der Waals surface area contributed by atoms with E-state index >= 15 is 0 Å². The fourth-order valence-electron chi connectivity index (χ4n) is 3.48. The van der Waals surface area contributed by atoms with Crippen molar-refractivity contribution in [2.45, 2.75) is 31.8 Å². The lowest BCUT2D eigenvalue weighted by atomic mass is 9.88. The third kappa shape index (κ3) is 4.43. The van der Waals surface area contributed by atoms with E-state index in [9.17, 15) is 5.11 Å². The first-order valence-corrected chi connectivity index (χ1v) is 8.63. The van der Waals surface area contributed by atoms with Crippen molar-refractivity contribution < 1.29 is 5.11 Å². The smallest absolute Gasteiger partial charge is 0.109 e. The van der Waals surface area contributed by atoms with Gasteiger partial charge in [-0.15, -0.1) is 0 Å². The summed E-state index contributed by atoms with van der Waals surface area (Å²) in [7, 11) is 2.05. The summed E-state index contributed by atoms with van der Waals surface area (Å²) in [5, 5.41) is 10.5. The van der Waals surface area contributed by atoms with Crippen LogP contribution in [-0.2, 0) is 19.9 Å². The monoisotopic (exact) mass is 313 g/mol. The molecule has 1 unspecified atom stereocenters. The molecule has 2 aromatic rings. The average Bonchev–Trinajstić information content (AvgIpc) is 2.99. The van der Waals surface area contributed by atoms with Crippen LogP contribution in [0.2, 0.25) is 0 Å². The molecule has 1 fully saturated rings. The molecule has 1 saturated heterocycles. The Morgan fingerprint density at radius 2 is 1.96 bits per heavy atom. The van der Waals surface area contributed by atoms with E-state index in [4.69, 9.17) is 0 Å². The lowest BCUT2D eigenvalue weighted by molar-refractivity contribution is 0.0599. The van der Waals surface area contributed by atoms with Crippen molar-refractivity contribution >= 4 is 0 Å². The summed E-state index contributed by atoms with van der Waals surface area (Å²) in [5.74, 6) is 1.58. The Bertz CT molecular complexity index is 588. The normalized spacial score (nSPS) is 18.2. The van der Waals surface area contributed by atoms with E-state index in [0.717, 1.165) is 51.1 Å². The van der Waals surface area contributed by atoms with E-state index in [1.165, 1.54) is 5.56 Å². The van der Waals surface area contributed by atoms with Crippen LogP contribution in [0.4, 0.5) is 0 Å². The van der Waals surface area contributed by atoms with Gasteiger partial charge in [0.15, 0.2) is 0 Å². The molecule has 0 saturated carbocycles. The highest BCUT2D eigenvalue weighted by atomic mass is 16.3. The Kier molecular flexibility index (Phi) is 5.47. The predicted octanol–water partition coefficient (Wildman–Crippen LogP) is 2.28. The maximum Gasteiger partial charge on any atom is 0.109 e. The first kappa shape index (κ1) is 16.2. The Hall–Kier alpha value is -1.65. The number of nitrogens with zero attached hydrogens (tertiary/aromatic N) is 3. The van der Waals surface area contributed by atoms with Gasteiger partial charge in [0.1, 0.15) is 5.82 Å². The van der Waals surface area contributed by atoms with Gasteiger partial charge in [-0.3, -0.25) is 0 Å². The standard InChI is InChI=1S/C19H27N3O/c1-21-14-10-20-19(21)9-13-22-11-7-17(8-12-22)18(23)15-16-5-3-2-4-6-16/h2-6,10,14,17-18,23H,7-9,11-13,15H2,1H3. The van der Waals surface area contributed by atoms with Crippen LogP contribution < -0.4 is 0 Å². The molecule has 23 heavy (non-hydrogen) atoms. The van der Waals surface area contributed by atoms with Crippen LogP contribution in [0.5, 0.6) is 0 Å². The quantitative estimate of drug-likeness (QED) is 0.889. The Morgan fingerprint density at radius 1 is 1.22 bits per heavy atom. The SMILES string of the molecule is Cn1ccnc1CCN1CCC(C(O)Cc2ccccc2)CC1. The highest BCUT2D eigenvalue weighted by Gasteiger charge is 2.25. The molecule has 1 aromatic heterocycles. The maximum atomic E-state index is 10.5. The molecular formula is C19H27N3O. The van der Waals surface area contributed by atoms with Crippen molar-refractivity contribution in [3.63, 3.8) is 0 Å². The van der Waals surface area contributed by atoms with Gasteiger partial charge >= 0.3 is 0 Å². The van der Waals surface area contributed by atoms with Gasteiger partial charge in [0.25, 0.3) is 0 Å². The van der Waals surface area contributed by atoms with Crippen LogP contribution in [0.3, 0.4) is 0 Å². The van der Waals surface area contributed by atoms with Crippen LogP contribution in [0.25, 0.3) is 0 Å². The van der Waals surface area contributed by atoms with Crippen LogP contribution in [0, 0.1) is 5.92 Å². The van der Waals surface area contributed by atoms with E-state index in [2.05, 4.69) is 33.6 Å². The summed E-state index contributed by atoms with van der Waals surface area (Å²) in [6.07, 6.45) is 7.61. The molecule has 0 amide bonds. The second kappa shape index (κ2) is 7.75. The van der Waals surface area contributed by atoms with Gasteiger partial charge < -0.3 is 14.6 Å². The number of piperidine rings is 1. The van der Waals surface area contributed by atoms with E-state index in [-0.39, 0.29) is 6.10 Å². The summed E-state index contributed by atoms with van der Waals surface area (Å²) in [5.41, 5.74) is 1.23. The molecule has 4 heteroatoms. The van der Waals surface area contributed by atoms with Gasteiger partial charge in [-0.25, -0.2) is 4.98 Å². The fraction of sp³-hybridized carbons (Fsp3) is 0.526. The Balaban J connectivity index is 1.42. The van der Waals surface area contributed by atoms with Crippen molar-refractivity contribution in [3.05, 3.63) is 54.1 Å². The van der Waals surface area contributed by atoms with E-state index < -0.39 is 0 Å². The van der Waals surface area contributed by atoms with Crippen LogP contribution >= 0.6 is 0 Å². The summed E-state index contributed by atoms with van der Waals surface area (Å²) < 4.78 is 2.09. The van der Waals surface area contributed by atoms with Gasteiger partial charge in [-0.05, 0) is 43.8 Å². The molecule has 1 aliphatic rings. The molecule has 1 atom stereocenters. The third-order valence-corrected chi connectivity index (χ3v) is 5.04. The highest BCUT2D eigenvalue weighted by Crippen LogP contribution is 2.23. The minimum atomic E-state index is -0.214. The number of likely N-dealkylation sites (tertiary alicyclic amines) is 1. The molecule has 124 valence electrons. The van der Waals surface area contributed by atoms with E-state index in [1.54, 1.807) is 0 Å². The van der Waals surface area contributed by atoms with Crippen LogP contribution in [0.15, 0.2) is 42.7 Å². The molecule has 0 spiro atoms. The minimum Gasteiger partial charge on any atom is -0.392 e. The van der Waals surface area contributed by atoms with Crippen molar-refractivity contribution in [2.75, 3.05) is 19.6 Å². The van der Waals surface area contributed by atoms with E-state index in [1.807, 2.05) is 30.6 Å². The summed E-state index contributed by atoms with van der Waals surface area (Å²) in [6.45, 7) is 3.23. The average molecular weight is 313 g/mol. The number of aryl methyl sites for hydroxylation is 1. The Morgan fingerprint density at radius 3 is 2.61 bits per heavy atom. The zero-order valence-electron chi connectivity index (χ0n) is 13.9. The second-order valence-corrected chi connectivity index (χ2v) is 6.64. The zero-order chi connectivity index (χ0) is 16.1. The summed E-state index contributed by atoms with van der Waals surface area (Å²) in [6, 6.07) is 10.3. The highest BCUT2D eigenvalue weighted by molar-refractivity contribution is 5.15. The largest absolute Gasteiger partial charge is 0.392 e. The first-order valence-electron chi connectivity index (χ1n) is 8.63. The van der Waals surface area contributed by atoms with Gasteiger partial charge in [-0.1, -0.05) is 30.3 Å². The molecule has 2 heterocycles. The number of imidazole rings is 1.